The topological polar surface area (TPSA) is 61.4 Å². The lowest BCUT2D eigenvalue weighted by Gasteiger charge is -2.33. The van der Waals surface area contributed by atoms with Crippen LogP contribution in [0.5, 0.6) is 0 Å². The van der Waals surface area contributed by atoms with Gasteiger partial charge in [-0.2, -0.15) is 0 Å². The van der Waals surface area contributed by atoms with Gasteiger partial charge in [0.05, 0.1) is 5.56 Å². The zero-order chi connectivity index (χ0) is 16.9. The highest BCUT2D eigenvalue weighted by Crippen LogP contribution is 2.14. The number of carbonyl (C=O) groups is 1. The lowest BCUT2D eigenvalue weighted by molar-refractivity contribution is 0.0642. The minimum atomic E-state index is 0.00728. The monoisotopic (exact) mass is 325 g/mol. The molecular formula is C18H23N5O. The number of hydrogen-bond donors (Lipinski definition) is 1. The molecule has 3 rings (SSSR count). The number of benzene rings is 1. The van der Waals surface area contributed by atoms with Crippen LogP contribution in [0, 0.1) is 6.92 Å². The first-order valence-corrected chi connectivity index (χ1v) is 8.33. The van der Waals surface area contributed by atoms with Gasteiger partial charge in [0.15, 0.2) is 0 Å². The van der Waals surface area contributed by atoms with Crippen LogP contribution in [0.4, 0.5) is 11.6 Å². The van der Waals surface area contributed by atoms with Crippen LogP contribution in [0.2, 0.25) is 0 Å². The molecule has 1 saturated heterocycles. The maximum Gasteiger partial charge on any atom is 0.257 e. The maximum absolute atomic E-state index is 12.5. The Hall–Kier alpha value is -2.47. The molecule has 24 heavy (non-hydrogen) atoms. The van der Waals surface area contributed by atoms with Crippen molar-refractivity contribution in [2.45, 2.75) is 13.8 Å². The molecule has 1 aromatic heterocycles. The van der Waals surface area contributed by atoms with Crippen molar-refractivity contribution in [3.05, 3.63) is 47.8 Å². The van der Waals surface area contributed by atoms with Crippen molar-refractivity contribution in [2.24, 2.45) is 0 Å². The van der Waals surface area contributed by atoms with Crippen molar-refractivity contribution in [3.63, 3.8) is 0 Å². The lowest BCUT2D eigenvalue weighted by atomic mass is 10.2. The third-order valence-corrected chi connectivity index (χ3v) is 4.28. The number of nitrogens with one attached hydrogen (secondary N) is 1. The van der Waals surface area contributed by atoms with Gasteiger partial charge in [-0.25, -0.2) is 9.97 Å². The quantitative estimate of drug-likeness (QED) is 0.935. The zero-order valence-corrected chi connectivity index (χ0v) is 14.2. The van der Waals surface area contributed by atoms with Crippen LogP contribution in [0.15, 0.2) is 36.7 Å². The lowest BCUT2D eigenvalue weighted by Crippen LogP contribution is -2.48. The minimum Gasteiger partial charge on any atom is -0.336 e. The van der Waals surface area contributed by atoms with Gasteiger partial charge in [-0.3, -0.25) is 4.79 Å². The third-order valence-electron chi connectivity index (χ3n) is 4.28. The van der Waals surface area contributed by atoms with Crippen LogP contribution in [0.3, 0.4) is 0 Å². The molecule has 1 fully saturated rings. The van der Waals surface area contributed by atoms with E-state index in [0.29, 0.717) is 11.5 Å². The second-order valence-corrected chi connectivity index (χ2v) is 6.02. The summed E-state index contributed by atoms with van der Waals surface area (Å²) in [5, 5.41) is 3.15. The summed E-state index contributed by atoms with van der Waals surface area (Å²) in [4.78, 5) is 25.3. The van der Waals surface area contributed by atoms with Crippen molar-refractivity contribution in [2.75, 3.05) is 38.0 Å². The van der Waals surface area contributed by atoms with E-state index in [2.05, 4.69) is 27.1 Å². The van der Waals surface area contributed by atoms with E-state index >= 15 is 0 Å². The molecule has 0 spiro atoms. The number of carbonyl (C=O) groups excluding carboxylic acids is 1. The molecule has 0 saturated carbocycles. The van der Waals surface area contributed by atoms with Crippen molar-refractivity contribution in [3.8, 4) is 0 Å². The fourth-order valence-electron chi connectivity index (χ4n) is 2.80. The van der Waals surface area contributed by atoms with Crippen LogP contribution in [0.1, 0.15) is 22.8 Å². The van der Waals surface area contributed by atoms with Gasteiger partial charge in [0, 0.05) is 44.3 Å². The molecule has 2 aromatic rings. The molecular weight excluding hydrogens is 302 g/mol. The van der Waals surface area contributed by atoms with Gasteiger partial charge in [-0.05, 0) is 31.2 Å². The van der Waals surface area contributed by atoms with Gasteiger partial charge >= 0.3 is 0 Å². The van der Waals surface area contributed by atoms with E-state index in [-0.39, 0.29) is 5.91 Å². The highest BCUT2D eigenvalue weighted by atomic mass is 16.2. The predicted molar refractivity (Wildman–Crippen MR) is 94.5 cm³/mol. The van der Waals surface area contributed by atoms with E-state index in [1.807, 2.05) is 36.1 Å². The van der Waals surface area contributed by atoms with Crippen LogP contribution < -0.4 is 5.32 Å². The SMILES string of the molecule is CCN1CCN(C(=O)c2cnc(Nc3cccc(C)c3)nc2)CC1. The molecule has 126 valence electrons. The maximum atomic E-state index is 12.5. The number of aromatic nitrogens is 2. The summed E-state index contributed by atoms with van der Waals surface area (Å²) in [6.45, 7) is 8.58. The number of piperazine rings is 1. The van der Waals surface area contributed by atoms with Crippen molar-refractivity contribution < 1.29 is 4.79 Å². The van der Waals surface area contributed by atoms with Gasteiger partial charge < -0.3 is 15.1 Å². The summed E-state index contributed by atoms with van der Waals surface area (Å²) in [5.74, 6) is 0.501. The molecule has 0 bridgehead atoms. The molecule has 1 N–H and O–H groups in total. The molecule has 0 radical (unpaired) electrons. The van der Waals surface area contributed by atoms with E-state index in [1.165, 1.54) is 0 Å². The number of anilines is 2. The average molecular weight is 325 g/mol. The fraction of sp³-hybridized carbons (Fsp3) is 0.389. The molecule has 2 heterocycles. The Bertz CT molecular complexity index is 693. The Labute approximate surface area is 142 Å². The Morgan fingerprint density at radius 2 is 1.88 bits per heavy atom. The van der Waals surface area contributed by atoms with Gasteiger partial charge in [-0.1, -0.05) is 19.1 Å². The van der Waals surface area contributed by atoms with Crippen molar-refractivity contribution in [1.29, 1.82) is 0 Å². The summed E-state index contributed by atoms with van der Waals surface area (Å²) in [5.41, 5.74) is 2.64. The summed E-state index contributed by atoms with van der Waals surface area (Å²) >= 11 is 0. The molecule has 6 nitrogen and oxygen atoms in total. The highest BCUT2D eigenvalue weighted by molar-refractivity contribution is 5.93. The Morgan fingerprint density at radius 3 is 2.50 bits per heavy atom. The van der Waals surface area contributed by atoms with Gasteiger partial charge in [0.2, 0.25) is 5.95 Å². The van der Waals surface area contributed by atoms with E-state index in [9.17, 15) is 4.79 Å². The fourth-order valence-corrected chi connectivity index (χ4v) is 2.80. The second kappa shape index (κ2) is 7.40. The Morgan fingerprint density at radius 1 is 1.17 bits per heavy atom. The third kappa shape index (κ3) is 3.89. The van der Waals surface area contributed by atoms with E-state index in [1.54, 1.807) is 12.4 Å². The van der Waals surface area contributed by atoms with Gasteiger partial charge in [-0.15, -0.1) is 0 Å². The first-order chi connectivity index (χ1) is 11.7. The summed E-state index contributed by atoms with van der Waals surface area (Å²) in [6, 6.07) is 8.00. The number of hydrogen-bond acceptors (Lipinski definition) is 5. The van der Waals surface area contributed by atoms with Crippen molar-refractivity contribution in [1.82, 2.24) is 19.8 Å². The Kier molecular flexibility index (Phi) is 5.05. The second-order valence-electron chi connectivity index (χ2n) is 6.02. The average Bonchev–Trinajstić information content (AvgIpc) is 2.62. The van der Waals surface area contributed by atoms with Crippen LogP contribution in [-0.4, -0.2) is 58.4 Å². The number of nitrogens with zero attached hydrogens (tertiary/aromatic N) is 4. The molecule has 6 heteroatoms. The predicted octanol–water partition coefficient (Wildman–Crippen LogP) is 2.31. The van der Waals surface area contributed by atoms with Crippen LogP contribution >= 0.6 is 0 Å². The summed E-state index contributed by atoms with van der Waals surface area (Å²) in [7, 11) is 0. The molecule has 0 atom stereocenters. The number of aryl methyl sites for hydroxylation is 1. The minimum absolute atomic E-state index is 0.00728. The van der Waals surface area contributed by atoms with Gasteiger partial charge in [0.1, 0.15) is 0 Å². The normalized spacial score (nSPS) is 15.3. The molecule has 1 amide bonds. The Balaban J connectivity index is 1.63. The first-order valence-electron chi connectivity index (χ1n) is 8.33. The zero-order valence-electron chi connectivity index (χ0n) is 14.2. The number of amides is 1. The molecule has 0 unspecified atom stereocenters. The molecule has 1 aromatic carbocycles. The van der Waals surface area contributed by atoms with Crippen LogP contribution in [0.25, 0.3) is 0 Å². The molecule has 0 aliphatic carbocycles. The summed E-state index contributed by atoms with van der Waals surface area (Å²) in [6.07, 6.45) is 3.19. The molecule has 1 aliphatic heterocycles. The standard InChI is InChI=1S/C18H23N5O/c1-3-22-7-9-23(10-8-22)17(24)15-12-19-18(20-13-15)21-16-6-4-5-14(2)11-16/h4-6,11-13H,3,7-10H2,1-2H3,(H,19,20,21). The van der Waals surface area contributed by atoms with Gasteiger partial charge in [0.25, 0.3) is 5.91 Å². The highest BCUT2D eigenvalue weighted by Gasteiger charge is 2.21. The van der Waals surface area contributed by atoms with Crippen LogP contribution in [-0.2, 0) is 0 Å². The van der Waals surface area contributed by atoms with Crippen molar-refractivity contribution >= 4 is 17.5 Å². The van der Waals surface area contributed by atoms with E-state index in [0.717, 1.165) is 44.0 Å². The number of rotatable bonds is 4. The largest absolute Gasteiger partial charge is 0.336 e. The smallest absolute Gasteiger partial charge is 0.257 e. The molecule has 1 aliphatic rings. The number of likely N-dealkylation sites (N-methyl/N-ethyl adjacent to an activating group) is 1. The van der Waals surface area contributed by atoms with E-state index < -0.39 is 0 Å². The van der Waals surface area contributed by atoms with E-state index in [4.69, 9.17) is 0 Å². The first kappa shape index (κ1) is 16.4. The summed E-state index contributed by atoms with van der Waals surface area (Å²) < 4.78 is 0.